The van der Waals surface area contributed by atoms with Gasteiger partial charge in [0.05, 0.1) is 0 Å². The van der Waals surface area contributed by atoms with Crippen LogP contribution in [0.15, 0.2) is 24.3 Å². The minimum absolute atomic E-state index is 0.563. The highest BCUT2D eigenvalue weighted by atomic mass is 15.4. The minimum atomic E-state index is 0.563. The molecule has 4 nitrogen and oxygen atoms in total. The lowest BCUT2D eigenvalue weighted by molar-refractivity contribution is 0.637. The average Bonchev–Trinajstić information content (AvgIpc) is 3.13. The van der Waals surface area contributed by atoms with Gasteiger partial charge in [0, 0.05) is 19.0 Å². The summed E-state index contributed by atoms with van der Waals surface area (Å²) in [6.07, 6.45) is 2.51. The molecule has 0 amide bonds. The molecule has 2 aromatic rings. The maximum Gasteiger partial charge on any atom is 0.224 e. The van der Waals surface area contributed by atoms with Crippen LogP contribution < -0.4 is 5.32 Å². The van der Waals surface area contributed by atoms with Crippen molar-refractivity contribution in [3.63, 3.8) is 0 Å². The largest absolute Gasteiger partial charge is 0.355 e. The fraction of sp³-hybridized carbons (Fsp3) is 0.529. The number of hydrogen-bond donors (Lipinski definition) is 1. The van der Waals surface area contributed by atoms with E-state index in [1.165, 1.54) is 24.2 Å². The zero-order chi connectivity index (χ0) is 14.4. The van der Waals surface area contributed by atoms with E-state index in [1.807, 2.05) is 0 Å². The van der Waals surface area contributed by atoms with Crippen LogP contribution in [0.25, 0.3) is 0 Å². The molecule has 0 bridgehead atoms. The number of benzene rings is 1. The molecule has 3 atom stereocenters. The first-order valence-electron chi connectivity index (χ1n) is 8.09. The number of anilines is 1. The van der Waals surface area contributed by atoms with Crippen molar-refractivity contribution in [3.05, 3.63) is 41.2 Å². The maximum atomic E-state index is 4.52. The Hall–Kier alpha value is -1.84. The van der Waals surface area contributed by atoms with E-state index in [4.69, 9.17) is 0 Å². The predicted molar refractivity (Wildman–Crippen MR) is 83.6 cm³/mol. The molecule has 0 spiro atoms. The maximum absolute atomic E-state index is 4.52. The molecule has 0 aliphatic heterocycles. The monoisotopic (exact) mass is 282 g/mol. The molecule has 2 aliphatic carbocycles. The van der Waals surface area contributed by atoms with Crippen LogP contribution >= 0.6 is 0 Å². The summed E-state index contributed by atoms with van der Waals surface area (Å²) in [5.74, 6) is 4.10. The number of fused-ring (bicyclic) bond motifs is 3. The Bertz CT molecular complexity index is 661. The van der Waals surface area contributed by atoms with E-state index in [0.717, 1.165) is 25.0 Å². The van der Waals surface area contributed by atoms with Gasteiger partial charge in [-0.15, -0.1) is 10.2 Å². The zero-order valence-electron chi connectivity index (χ0n) is 12.7. The van der Waals surface area contributed by atoms with Crippen LogP contribution in [0.3, 0.4) is 0 Å². The van der Waals surface area contributed by atoms with Crippen molar-refractivity contribution in [1.29, 1.82) is 0 Å². The molecule has 4 heteroatoms. The van der Waals surface area contributed by atoms with E-state index in [0.29, 0.717) is 11.8 Å². The first kappa shape index (κ1) is 12.9. The van der Waals surface area contributed by atoms with Crippen molar-refractivity contribution in [2.75, 3.05) is 11.9 Å². The Balaban J connectivity index is 1.68. The van der Waals surface area contributed by atoms with Gasteiger partial charge in [-0.3, -0.25) is 4.57 Å². The summed E-state index contributed by atoms with van der Waals surface area (Å²) < 4.78 is 2.26. The van der Waals surface area contributed by atoms with Crippen LogP contribution in [-0.4, -0.2) is 21.3 Å². The number of nitrogens with one attached hydrogen (secondary N) is 1. The highest BCUT2D eigenvalue weighted by Crippen LogP contribution is 2.64. The van der Waals surface area contributed by atoms with Crippen molar-refractivity contribution < 1.29 is 0 Å². The summed E-state index contributed by atoms with van der Waals surface area (Å²) in [4.78, 5) is 0. The van der Waals surface area contributed by atoms with E-state index in [-0.39, 0.29) is 0 Å². The number of aromatic nitrogens is 3. The quantitative estimate of drug-likeness (QED) is 0.936. The second kappa shape index (κ2) is 4.86. The van der Waals surface area contributed by atoms with Gasteiger partial charge in [0.2, 0.25) is 5.95 Å². The third-order valence-corrected chi connectivity index (χ3v) is 5.06. The minimum Gasteiger partial charge on any atom is -0.355 e. The normalized spacial score (nSPS) is 26.1. The van der Waals surface area contributed by atoms with Gasteiger partial charge >= 0.3 is 0 Å². The Labute approximate surface area is 125 Å². The van der Waals surface area contributed by atoms with Gasteiger partial charge in [0.15, 0.2) is 0 Å². The van der Waals surface area contributed by atoms with Crippen molar-refractivity contribution in [2.24, 2.45) is 5.92 Å². The van der Waals surface area contributed by atoms with Crippen LogP contribution in [0.2, 0.25) is 0 Å². The van der Waals surface area contributed by atoms with Crippen molar-refractivity contribution in [2.45, 2.75) is 45.1 Å². The lowest BCUT2D eigenvalue weighted by Crippen LogP contribution is -2.08. The molecule has 110 valence electrons. The first-order valence-corrected chi connectivity index (χ1v) is 8.09. The van der Waals surface area contributed by atoms with Crippen LogP contribution in [0.4, 0.5) is 5.95 Å². The molecule has 1 saturated carbocycles. The molecule has 1 aromatic heterocycles. The fourth-order valence-corrected chi connectivity index (χ4v) is 4.08. The Morgan fingerprint density at radius 3 is 2.86 bits per heavy atom. The molecular weight excluding hydrogens is 260 g/mol. The summed E-state index contributed by atoms with van der Waals surface area (Å²) in [5.41, 5.74) is 3.09. The molecule has 2 aliphatic rings. The lowest BCUT2D eigenvalue weighted by Gasteiger charge is -2.13. The third-order valence-electron chi connectivity index (χ3n) is 5.06. The number of hydrogen-bond acceptors (Lipinski definition) is 3. The van der Waals surface area contributed by atoms with Crippen LogP contribution in [0.1, 0.15) is 49.1 Å². The second-order valence-corrected chi connectivity index (χ2v) is 6.11. The van der Waals surface area contributed by atoms with Crippen molar-refractivity contribution >= 4 is 5.95 Å². The SMILES string of the molecule is CCNc1nnc(C2C3CCc4ccccc4C32)n1CC. The number of rotatable bonds is 4. The topological polar surface area (TPSA) is 42.7 Å². The Kier molecular flexibility index (Phi) is 2.98. The molecule has 0 radical (unpaired) electrons. The van der Waals surface area contributed by atoms with E-state index < -0.39 is 0 Å². The molecule has 0 saturated heterocycles. The fourth-order valence-electron chi connectivity index (χ4n) is 4.08. The highest BCUT2D eigenvalue weighted by Gasteiger charge is 2.56. The van der Waals surface area contributed by atoms with Gasteiger partial charge in [-0.05, 0) is 49.7 Å². The zero-order valence-corrected chi connectivity index (χ0v) is 12.7. The van der Waals surface area contributed by atoms with Gasteiger partial charge in [-0.2, -0.15) is 0 Å². The second-order valence-electron chi connectivity index (χ2n) is 6.11. The first-order chi connectivity index (χ1) is 10.3. The van der Waals surface area contributed by atoms with Gasteiger partial charge in [0.1, 0.15) is 5.82 Å². The Morgan fingerprint density at radius 1 is 1.19 bits per heavy atom. The van der Waals surface area contributed by atoms with Crippen LogP contribution in [0, 0.1) is 5.92 Å². The van der Waals surface area contributed by atoms with Gasteiger partial charge in [-0.25, -0.2) is 0 Å². The standard InChI is InChI=1S/C17H22N4/c1-3-18-17-20-19-16(21(17)4-2)15-13-10-9-11-7-5-6-8-12(11)14(13)15/h5-8,13-15H,3-4,9-10H2,1-2H3,(H,18,20). The smallest absolute Gasteiger partial charge is 0.224 e. The molecule has 1 fully saturated rings. The number of aryl methyl sites for hydroxylation is 1. The van der Waals surface area contributed by atoms with Crippen LogP contribution in [0.5, 0.6) is 0 Å². The number of nitrogens with zero attached hydrogens (tertiary/aromatic N) is 3. The predicted octanol–water partition coefficient (Wildman–Crippen LogP) is 3.17. The third kappa shape index (κ3) is 1.88. The van der Waals surface area contributed by atoms with Crippen LogP contribution in [-0.2, 0) is 13.0 Å². The van der Waals surface area contributed by atoms with Gasteiger partial charge < -0.3 is 5.32 Å². The van der Waals surface area contributed by atoms with Gasteiger partial charge in [0.25, 0.3) is 0 Å². The van der Waals surface area contributed by atoms with E-state index in [9.17, 15) is 0 Å². The van der Waals surface area contributed by atoms with Crippen molar-refractivity contribution in [1.82, 2.24) is 14.8 Å². The molecule has 1 heterocycles. The van der Waals surface area contributed by atoms with Crippen molar-refractivity contribution in [3.8, 4) is 0 Å². The lowest BCUT2D eigenvalue weighted by atomic mass is 9.92. The molecule has 1 aromatic carbocycles. The summed E-state index contributed by atoms with van der Waals surface area (Å²) in [6.45, 7) is 6.09. The summed E-state index contributed by atoms with van der Waals surface area (Å²) in [7, 11) is 0. The van der Waals surface area contributed by atoms with E-state index in [1.54, 1.807) is 5.56 Å². The summed E-state index contributed by atoms with van der Waals surface area (Å²) in [5, 5.41) is 12.2. The molecule has 4 rings (SSSR count). The average molecular weight is 282 g/mol. The van der Waals surface area contributed by atoms with Gasteiger partial charge in [-0.1, -0.05) is 24.3 Å². The summed E-state index contributed by atoms with van der Waals surface area (Å²) >= 11 is 0. The van der Waals surface area contributed by atoms with E-state index >= 15 is 0 Å². The van der Waals surface area contributed by atoms with E-state index in [2.05, 4.69) is 58.2 Å². The highest BCUT2D eigenvalue weighted by molar-refractivity contribution is 5.44. The molecule has 21 heavy (non-hydrogen) atoms. The summed E-state index contributed by atoms with van der Waals surface area (Å²) in [6, 6.07) is 8.93. The molecular formula is C17H22N4. The Morgan fingerprint density at radius 2 is 2.05 bits per heavy atom. The molecule has 1 N–H and O–H groups in total. The molecule has 3 unspecified atom stereocenters.